The van der Waals surface area contributed by atoms with Gasteiger partial charge in [-0.15, -0.1) is 0 Å². The molecule has 1 amide bonds. The number of hydrogen-bond acceptors (Lipinski definition) is 4. The molecule has 1 aromatic heterocycles. The van der Waals surface area contributed by atoms with Gasteiger partial charge in [-0.1, -0.05) is 41.9 Å². The van der Waals surface area contributed by atoms with Crippen LogP contribution in [0.2, 0.25) is 5.02 Å². The van der Waals surface area contributed by atoms with E-state index in [9.17, 15) is 22.8 Å². The smallest absolute Gasteiger partial charge is 0.418 e. The SMILES string of the molecule is O=C(COC(=O)/C=C/c1ccc2ccccc2n1)Nc1c(Cl)cccc1C(F)(F)F. The summed E-state index contributed by atoms with van der Waals surface area (Å²) in [7, 11) is 0. The van der Waals surface area contributed by atoms with Gasteiger partial charge in [-0.05, 0) is 30.3 Å². The van der Waals surface area contributed by atoms with Gasteiger partial charge in [0.05, 0.1) is 27.5 Å². The number of esters is 1. The predicted molar refractivity (Wildman–Crippen MR) is 107 cm³/mol. The number of alkyl halides is 3. The van der Waals surface area contributed by atoms with Crippen LogP contribution in [-0.2, 0) is 20.5 Å². The second kappa shape index (κ2) is 8.96. The van der Waals surface area contributed by atoms with Gasteiger partial charge in [-0.25, -0.2) is 9.78 Å². The van der Waals surface area contributed by atoms with Gasteiger partial charge in [0.25, 0.3) is 5.91 Å². The number of aromatic nitrogens is 1. The molecule has 1 N–H and O–H groups in total. The van der Waals surface area contributed by atoms with Crippen molar-refractivity contribution < 1.29 is 27.5 Å². The second-order valence-corrected chi connectivity index (χ2v) is 6.49. The van der Waals surface area contributed by atoms with Gasteiger partial charge in [0.15, 0.2) is 6.61 Å². The zero-order valence-electron chi connectivity index (χ0n) is 15.2. The Morgan fingerprint density at radius 3 is 2.60 bits per heavy atom. The number of amides is 1. The molecule has 0 saturated carbocycles. The molecule has 0 radical (unpaired) electrons. The van der Waals surface area contributed by atoms with Gasteiger partial charge >= 0.3 is 12.1 Å². The average molecular weight is 435 g/mol. The quantitative estimate of drug-likeness (QED) is 0.448. The molecule has 0 unspecified atom stereocenters. The summed E-state index contributed by atoms with van der Waals surface area (Å²) in [5, 5.41) is 2.68. The predicted octanol–water partition coefficient (Wildman–Crippen LogP) is 5.10. The maximum Gasteiger partial charge on any atom is 0.418 e. The molecule has 30 heavy (non-hydrogen) atoms. The molecule has 0 aliphatic heterocycles. The summed E-state index contributed by atoms with van der Waals surface area (Å²) in [6.45, 7) is -0.781. The minimum atomic E-state index is -4.71. The first-order chi connectivity index (χ1) is 14.2. The average Bonchev–Trinajstić information content (AvgIpc) is 2.71. The van der Waals surface area contributed by atoms with E-state index >= 15 is 0 Å². The zero-order valence-corrected chi connectivity index (χ0v) is 16.0. The van der Waals surface area contributed by atoms with Crippen LogP contribution in [0.15, 0.2) is 60.7 Å². The largest absolute Gasteiger partial charge is 0.452 e. The van der Waals surface area contributed by atoms with Crippen molar-refractivity contribution in [2.24, 2.45) is 0 Å². The first kappa shape index (κ1) is 21.3. The Hall–Kier alpha value is -3.39. The van der Waals surface area contributed by atoms with Crippen molar-refractivity contribution in [1.82, 2.24) is 4.98 Å². The van der Waals surface area contributed by atoms with Crippen molar-refractivity contribution in [3.63, 3.8) is 0 Å². The molecule has 0 spiro atoms. The fourth-order valence-electron chi connectivity index (χ4n) is 2.58. The maximum atomic E-state index is 13.0. The third-order valence-electron chi connectivity index (χ3n) is 3.94. The minimum absolute atomic E-state index is 0.285. The number of benzene rings is 2. The monoisotopic (exact) mass is 434 g/mol. The van der Waals surface area contributed by atoms with Gasteiger partial charge in [0.2, 0.25) is 0 Å². The Kier molecular flexibility index (Phi) is 6.37. The van der Waals surface area contributed by atoms with E-state index in [1.54, 1.807) is 6.07 Å². The van der Waals surface area contributed by atoms with Crippen LogP contribution < -0.4 is 5.32 Å². The van der Waals surface area contributed by atoms with E-state index < -0.39 is 35.9 Å². The number of anilines is 1. The molecule has 5 nitrogen and oxygen atoms in total. The molecule has 3 rings (SSSR count). The van der Waals surface area contributed by atoms with E-state index in [-0.39, 0.29) is 5.02 Å². The highest BCUT2D eigenvalue weighted by atomic mass is 35.5. The Balaban J connectivity index is 1.60. The van der Waals surface area contributed by atoms with Crippen LogP contribution in [0.5, 0.6) is 0 Å². The standard InChI is InChI=1S/C21H14ClF3N2O3/c22-16-6-3-5-15(21(23,24)25)20(16)27-18(28)12-30-19(29)11-10-14-9-8-13-4-1-2-7-17(13)26-14/h1-11H,12H2,(H,27,28)/b11-10+. The highest BCUT2D eigenvalue weighted by Gasteiger charge is 2.34. The van der Waals surface area contributed by atoms with Crippen LogP contribution in [0.3, 0.4) is 0 Å². The van der Waals surface area contributed by atoms with Crippen molar-refractivity contribution in [2.45, 2.75) is 6.18 Å². The van der Waals surface area contributed by atoms with Crippen LogP contribution in [0.4, 0.5) is 18.9 Å². The molecule has 0 aliphatic rings. The van der Waals surface area contributed by atoms with E-state index in [0.717, 1.165) is 29.1 Å². The van der Waals surface area contributed by atoms with Crippen LogP contribution in [0.25, 0.3) is 17.0 Å². The summed E-state index contributed by atoms with van der Waals surface area (Å²) < 4.78 is 43.9. The van der Waals surface area contributed by atoms with Gasteiger partial charge in [-0.2, -0.15) is 13.2 Å². The number of rotatable bonds is 5. The Bertz CT molecular complexity index is 1130. The highest BCUT2D eigenvalue weighted by molar-refractivity contribution is 6.34. The fourth-order valence-corrected chi connectivity index (χ4v) is 2.80. The normalized spacial score (nSPS) is 11.6. The Labute approximate surface area is 174 Å². The first-order valence-electron chi connectivity index (χ1n) is 8.60. The van der Waals surface area contributed by atoms with E-state index in [1.807, 2.05) is 35.6 Å². The number of hydrogen-bond donors (Lipinski definition) is 1. The Morgan fingerprint density at radius 1 is 1.07 bits per heavy atom. The van der Waals surface area contributed by atoms with Crippen LogP contribution in [0.1, 0.15) is 11.3 Å². The zero-order chi connectivity index (χ0) is 21.7. The molecule has 0 atom stereocenters. The van der Waals surface area contributed by atoms with Crippen molar-refractivity contribution in [1.29, 1.82) is 0 Å². The number of carbonyl (C=O) groups excluding carboxylic acids is 2. The van der Waals surface area contributed by atoms with Gasteiger partial charge in [0, 0.05) is 11.5 Å². The summed E-state index contributed by atoms with van der Waals surface area (Å²) in [6.07, 6.45) is -2.23. The van der Waals surface area contributed by atoms with E-state index in [4.69, 9.17) is 16.3 Å². The molecular weight excluding hydrogens is 421 g/mol. The van der Waals surface area contributed by atoms with Crippen molar-refractivity contribution in [2.75, 3.05) is 11.9 Å². The third-order valence-corrected chi connectivity index (χ3v) is 4.25. The van der Waals surface area contributed by atoms with E-state index in [0.29, 0.717) is 5.69 Å². The summed E-state index contributed by atoms with van der Waals surface area (Å²) in [6, 6.07) is 14.1. The lowest BCUT2D eigenvalue weighted by Gasteiger charge is -2.15. The number of ether oxygens (including phenoxy) is 1. The fraction of sp³-hybridized carbons (Fsp3) is 0.0952. The summed E-state index contributed by atoms with van der Waals surface area (Å²) in [5.41, 5.74) is -0.450. The summed E-state index contributed by atoms with van der Waals surface area (Å²) >= 11 is 5.76. The lowest BCUT2D eigenvalue weighted by atomic mass is 10.1. The maximum absolute atomic E-state index is 13.0. The first-order valence-corrected chi connectivity index (χ1v) is 8.98. The topological polar surface area (TPSA) is 68.3 Å². The van der Waals surface area contributed by atoms with Gasteiger partial charge in [0.1, 0.15) is 0 Å². The number of para-hydroxylation sites is 2. The number of halogens is 4. The number of carbonyl (C=O) groups is 2. The molecule has 9 heteroatoms. The molecule has 0 fully saturated rings. The molecule has 1 heterocycles. The molecule has 154 valence electrons. The van der Waals surface area contributed by atoms with E-state index in [1.165, 1.54) is 12.1 Å². The highest BCUT2D eigenvalue weighted by Crippen LogP contribution is 2.38. The van der Waals surface area contributed by atoms with Crippen LogP contribution in [0, 0.1) is 0 Å². The van der Waals surface area contributed by atoms with E-state index in [2.05, 4.69) is 4.98 Å². The Morgan fingerprint density at radius 2 is 1.83 bits per heavy atom. The van der Waals surface area contributed by atoms with Crippen LogP contribution in [-0.4, -0.2) is 23.5 Å². The number of pyridine rings is 1. The molecule has 0 bridgehead atoms. The van der Waals surface area contributed by atoms with Gasteiger partial charge < -0.3 is 10.1 Å². The molecule has 0 saturated heterocycles. The minimum Gasteiger partial charge on any atom is -0.452 e. The third kappa shape index (κ3) is 5.36. The lowest BCUT2D eigenvalue weighted by molar-refractivity contribution is -0.142. The number of fused-ring (bicyclic) bond motifs is 1. The molecule has 0 aliphatic carbocycles. The number of nitrogens with zero attached hydrogens (tertiary/aromatic N) is 1. The van der Waals surface area contributed by atoms with Gasteiger partial charge in [-0.3, -0.25) is 4.79 Å². The van der Waals surface area contributed by atoms with Crippen molar-refractivity contribution in [3.8, 4) is 0 Å². The number of nitrogens with one attached hydrogen (secondary N) is 1. The summed E-state index contributed by atoms with van der Waals surface area (Å²) in [4.78, 5) is 28.1. The lowest BCUT2D eigenvalue weighted by Crippen LogP contribution is -2.22. The molecular formula is C21H14ClF3N2O3. The van der Waals surface area contributed by atoms with Crippen molar-refractivity contribution >= 4 is 46.1 Å². The molecule has 3 aromatic rings. The van der Waals surface area contributed by atoms with Crippen LogP contribution >= 0.6 is 11.6 Å². The molecule has 2 aromatic carbocycles. The summed E-state index contributed by atoms with van der Waals surface area (Å²) in [5.74, 6) is -1.81. The van der Waals surface area contributed by atoms with Crippen molar-refractivity contribution in [3.05, 3.63) is 77.0 Å². The second-order valence-electron chi connectivity index (χ2n) is 6.08.